The fraction of sp³-hybridized carbons (Fsp3) is 0.632. The first-order chi connectivity index (χ1) is 13.0. The van der Waals surface area contributed by atoms with E-state index in [0.29, 0.717) is 36.7 Å². The molecule has 3 heterocycles. The third kappa shape index (κ3) is 4.18. The molecular weight excluding hydrogens is 366 g/mol. The first kappa shape index (κ1) is 18.9. The summed E-state index contributed by atoms with van der Waals surface area (Å²) < 4.78 is 33.4. The van der Waals surface area contributed by atoms with E-state index < -0.39 is 10.0 Å². The fourth-order valence-corrected chi connectivity index (χ4v) is 5.82. The highest BCUT2D eigenvalue weighted by Crippen LogP contribution is 2.29. The van der Waals surface area contributed by atoms with Gasteiger partial charge in [0.25, 0.3) is 0 Å². The molecule has 0 radical (unpaired) electrons. The van der Waals surface area contributed by atoms with Crippen molar-refractivity contribution in [1.82, 2.24) is 9.21 Å². The molecule has 7 nitrogen and oxygen atoms in total. The van der Waals surface area contributed by atoms with Crippen molar-refractivity contribution in [2.45, 2.75) is 30.6 Å². The molecule has 1 aromatic rings. The molecule has 8 heteroatoms. The van der Waals surface area contributed by atoms with Crippen molar-refractivity contribution in [3.8, 4) is 0 Å². The van der Waals surface area contributed by atoms with E-state index in [-0.39, 0.29) is 5.91 Å². The number of carbonyl (C=O) groups excluding carboxylic acids is 1. The Labute approximate surface area is 160 Å². The SMILES string of the molecule is O=C1CCc2cc(S(=O)(=O)N3CCCC(CN4CCOCC4)C3)ccc2N1. The lowest BCUT2D eigenvalue weighted by atomic mass is 9.99. The van der Waals surface area contributed by atoms with Crippen molar-refractivity contribution < 1.29 is 17.9 Å². The summed E-state index contributed by atoms with van der Waals surface area (Å²) in [5.74, 6) is 0.351. The molecule has 3 aliphatic rings. The molecule has 27 heavy (non-hydrogen) atoms. The van der Waals surface area contributed by atoms with Crippen molar-refractivity contribution in [1.29, 1.82) is 0 Å². The highest BCUT2D eigenvalue weighted by atomic mass is 32.2. The number of hydrogen-bond donors (Lipinski definition) is 1. The Kier molecular flexibility index (Phi) is 5.50. The largest absolute Gasteiger partial charge is 0.379 e. The Balaban J connectivity index is 1.47. The number of anilines is 1. The van der Waals surface area contributed by atoms with Crippen molar-refractivity contribution >= 4 is 21.6 Å². The van der Waals surface area contributed by atoms with Crippen LogP contribution in [0.5, 0.6) is 0 Å². The zero-order valence-corrected chi connectivity index (χ0v) is 16.3. The van der Waals surface area contributed by atoms with Crippen molar-refractivity contribution in [2.24, 2.45) is 5.92 Å². The summed E-state index contributed by atoms with van der Waals surface area (Å²) in [6.45, 7) is 5.48. The second-order valence-corrected chi connectivity index (χ2v) is 9.59. The summed E-state index contributed by atoms with van der Waals surface area (Å²) in [4.78, 5) is 14.2. The maximum absolute atomic E-state index is 13.2. The third-order valence-electron chi connectivity index (χ3n) is 5.71. The Morgan fingerprint density at radius 2 is 1.96 bits per heavy atom. The number of amides is 1. The van der Waals surface area contributed by atoms with E-state index in [9.17, 15) is 13.2 Å². The molecule has 2 saturated heterocycles. The van der Waals surface area contributed by atoms with Gasteiger partial charge in [-0.05, 0) is 48.9 Å². The van der Waals surface area contributed by atoms with Crippen LogP contribution in [0.2, 0.25) is 0 Å². The minimum atomic E-state index is -3.51. The lowest BCUT2D eigenvalue weighted by Gasteiger charge is -2.36. The molecule has 148 valence electrons. The summed E-state index contributed by atoms with van der Waals surface area (Å²) >= 11 is 0. The molecule has 0 aliphatic carbocycles. The van der Waals surface area contributed by atoms with Gasteiger partial charge in [-0.3, -0.25) is 9.69 Å². The van der Waals surface area contributed by atoms with Gasteiger partial charge in [0.15, 0.2) is 0 Å². The number of benzene rings is 1. The highest BCUT2D eigenvalue weighted by molar-refractivity contribution is 7.89. The first-order valence-electron chi connectivity index (χ1n) is 9.75. The minimum Gasteiger partial charge on any atom is -0.379 e. The van der Waals surface area contributed by atoms with Crippen molar-refractivity contribution in [2.75, 3.05) is 51.3 Å². The average Bonchev–Trinajstić information content (AvgIpc) is 2.68. The minimum absolute atomic E-state index is 0.0138. The van der Waals surface area contributed by atoms with Gasteiger partial charge in [0.05, 0.1) is 18.1 Å². The number of morpholine rings is 1. The number of ether oxygens (including phenoxy) is 1. The second kappa shape index (κ2) is 7.87. The van der Waals surface area contributed by atoms with E-state index in [2.05, 4.69) is 10.2 Å². The van der Waals surface area contributed by atoms with Gasteiger partial charge < -0.3 is 10.1 Å². The predicted molar refractivity (Wildman–Crippen MR) is 102 cm³/mol. The van der Waals surface area contributed by atoms with E-state index in [1.165, 1.54) is 0 Å². The van der Waals surface area contributed by atoms with Gasteiger partial charge >= 0.3 is 0 Å². The molecule has 4 rings (SSSR count). The molecule has 2 fully saturated rings. The van der Waals surface area contributed by atoms with Gasteiger partial charge in [0.2, 0.25) is 15.9 Å². The van der Waals surface area contributed by atoms with Gasteiger partial charge in [-0.2, -0.15) is 4.31 Å². The summed E-state index contributed by atoms with van der Waals surface area (Å²) in [5, 5.41) is 2.81. The Morgan fingerprint density at radius 3 is 2.78 bits per heavy atom. The maximum atomic E-state index is 13.2. The fourth-order valence-electron chi connectivity index (χ4n) is 4.21. The molecule has 1 amide bonds. The normalized spacial score (nSPS) is 25.0. The average molecular weight is 394 g/mol. The second-order valence-electron chi connectivity index (χ2n) is 7.65. The monoisotopic (exact) mass is 393 g/mol. The van der Waals surface area contributed by atoms with E-state index in [1.54, 1.807) is 22.5 Å². The van der Waals surface area contributed by atoms with Crippen LogP contribution in [0.4, 0.5) is 5.69 Å². The molecule has 1 unspecified atom stereocenters. The van der Waals surface area contributed by atoms with Crippen LogP contribution < -0.4 is 5.32 Å². The molecule has 0 saturated carbocycles. The van der Waals surface area contributed by atoms with E-state index >= 15 is 0 Å². The van der Waals surface area contributed by atoms with Gasteiger partial charge in [-0.1, -0.05) is 0 Å². The maximum Gasteiger partial charge on any atom is 0.243 e. The summed E-state index contributed by atoms with van der Waals surface area (Å²) in [6, 6.07) is 5.06. The Hall–Kier alpha value is -1.48. The van der Waals surface area contributed by atoms with Crippen molar-refractivity contribution in [3.63, 3.8) is 0 Å². The highest BCUT2D eigenvalue weighted by Gasteiger charge is 2.32. The molecule has 0 aromatic heterocycles. The number of nitrogens with zero attached hydrogens (tertiary/aromatic N) is 2. The molecule has 0 bridgehead atoms. The number of aryl methyl sites for hydroxylation is 1. The Morgan fingerprint density at radius 1 is 1.15 bits per heavy atom. The molecule has 1 aromatic carbocycles. The predicted octanol–water partition coefficient (Wildman–Crippen LogP) is 1.30. The van der Waals surface area contributed by atoms with Crippen LogP contribution in [-0.2, 0) is 26.0 Å². The Bertz CT molecular complexity index is 805. The van der Waals surface area contributed by atoms with Crippen LogP contribution in [-0.4, -0.2) is 69.5 Å². The number of rotatable bonds is 4. The summed E-state index contributed by atoms with van der Waals surface area (Å²) in [5.41, 5.74) is 1.63. The quantitative estimate of drug-likeness (QED) is 0.834. The summed E-state index contributed by atoms with van der Waals surface area (Å²) in [7, 11) is -3.51. The standard InChI is InChI=1S/C19H27N3O4S/c23-19-6-3-16-12-17(4-5-18(16)20-19)27(24,25)22-7-1-2-15(14-22)13-21-8-10-26-11-9-21/h4-5,12,15H,1-3,6-11,13-14H2,(H,20,23). The summed E-state index contributed by atoms with van der Waals surface area (Å²) in [6.07, 6.45) is 2.96. The van der Waals surface area contributed by atoms with Crippen LogP contribution in [0, 0.1) is 5.92 Å². The van der Waals surface area contributed by atoms with Crippen LogP contribution in [0.15, 0.2) is 23.1 Å². The number of piperidine rings is 1. The molecule has 1 N–H and O–H groups in total. The van der Waals surface area contributed by atoms with Gasteiger partial charge in [-0.25, -0.2) is 8.42 Å². The van der Waals surface area contributed by atoms with Crippen LogP contribution in [0.1, 0.15) is 24.8 Å². The number of sulfonamides is 1. The molecule has 0 spiro atoms. The van der Waals surface area contributed by atoms with E-state index in [1.807, 2.05) is 0 Å². The third-order valence-corrected chi connectivity index (χ3v) is 7.57. The number of fused-ring (bicyclic) bond motifs is 1. The van der Waals surface area contributed by atoms with Crippen LogP contribution in [0.25, 0.3) is 0 Å². The number of carbonyl (C=O) groups is 1. The van der Waals surface area contributed by atoms with E-state index in [4.69, 9.17) is 4.74 Å². The first-order valence-corrected chi connectivity index (χ1v) is 11.2. The van der Waals surface area contributed by atoms with Crippen LogP contribution >= 0.6 is 0 Å². The zero-order valence-electron chi connectivity index (χ0n) is 15.5. The van der Waals surface area contributed by atoms with Crippen LogP contribution in [0.3, 0.4) is 0 Å². The van der Waals surface area contributed by atoms with Gasteiger partial charge in [0, 0.05) is 44.8 Å². The molecular formula is C19H27N3O4S. The molecule has 1 atom stereocenters. The van der Waals surface area contributed by atoms with Crippen molar-refractivity contribution in [3.05, 3.63) is 23.8 Å². The smallest absolute Gasteiger partial charge is 0.243 e. The van der Waals surface area contributed by atoms with Gasteiger partial charge in [0.1, 0.15) is 0 Å². The van der Waals surface area contributed by atoms with Gasteiger partial charge in [-0.15, -0.1) is 0 Å². The lowest BCUT2D eigenvalue weighted by molar-refractivity contribution is -0.116. The van der Waals surface area contributed by atoms with E-state index in [0.717, 1.165) is 56.9 Å². The molecule has 3 aliphatic heterocycles. The number of nitrogens with one attached hydrogen (secondary N) is 1. The zero-order chi connectivity index (χ0) is 18.9. The number of hydrogen-bond acceptors (Lipinski definition) is 5. The lowest BCUT2D eigenvalue weighted by Crippen LogP contribution is -2.46. The topological polar surface area (TPSA) is 79.0 Å².